The number of benzene rings is 2. The highest BCUT2D eigenvalue weighted by Gasteiger charge is 2.26. The lowest BCUT2D eigenvalue weighted by Crippen LogP contribution is -2.26. The molecule has 0 spiro atoms. The standard InChI is InChI=1S/C19H22N2/c1-13-9-10-17-15(3)16-7-4-5-8-18(16)21(12-6-11-20)19(17)14(13)2/h4-5,7-10H,3,6,11-12,20H2,1-2H3. The van der Waals surface area contributed by atoms with Crippen molar-refractivity contribution in [1.82, 2.24) is 0 Å². The van der Waals surface area contributed by atoms with Crippen molar-refractivity contribution in [1.29, 1.82) is 0 Å². The highest BCUT2D eigenvalue weighted by Crippen LogP contribution is 2.46. The molecule has 0 fully saturated rings. The second kappa shape index (κ2) is 5.38. The summed E-state index contributed by atoms with van der Waals surface area (Å²) in [5, 5.41) is 0. The van der Waals surface area contributed by atoms with Crippen LogP contribution in [0.1, 0.15) is 28.7 Å². The van der Waals surface area contributed by atoms with E-state index < -0.39 is 0 Å². The van der Waals surface area contributed by atoms with Gasteiger partial charge in [-0.1, -0.05) is 36.9 Å². The number of anilines is 2. The van der Waals surface area contributed by atoms with Crippen LogP contribution in [0.15, 0.2) is 43.0 Å². The van der Waals surface area contributed by atoms with Gasteiger partial charge in [0.05, 0.1) is 5.69 Å². The lowest BCUT2D eigenvalue weighted by molar-refractivity contribution is 0.812. The van der Waals surface area contributed by atoms with Crippen molar-refractivity contribution in [2.75, 3.05) is 18.0 Å². The lowest BCUT2D eigenvalue weighted by Gasteiger charge is -2.36. The first kappa shape index (κ1) is 13.9. The van der Waals surface area contributed by atoms with Crippen molar-refractivity contribution in [2.24, 2.45) is 5.73 Å². The maximum absolute atomic E-state index is 5.74. The van der Waals surface area contributed by atoms with Crippen molar-refractivity contribution in [2.45, 2.75) is 20.3 Å². The van der Waals surface area contributed by atoms with Crippen LogP contribution in [0.2, 0.25) is 0 Å². The van der Waals surface area contributed by atoms with Crippen LogP contribution in [0.4, 0.5) is 11.4 Å². The summed E-state index contributed by atoms with van der Waals surface area (Å²) in [6, 6.07) is 12.9. The van der Waals surface area contributed by atoms with Crippen LogP contribution < -0.4 is 10.6 Å². The average molecular weight is 278 g/mol. The Morgan fingerprint density at radius 3 is 2.57 bits per heavy atom. The zero-order valence-electron chi connectivity index (χ0n) is 12.8. The molecule has 1 aliphatic heterocycles. The molecule has 1 heterocycles. The Hall–Kier alpha value is -2.06. The SMILES string of the molecule is C=C1c2ccccc2N(CCCN)c2c1ccc(C)c2C. The Kier molecular flexibility index (Phi) is 3.56. The second-order valence-corrected chi connectivity index (χ2v) is 5.69. The molecular weight excluding hydrogens is 256 g/mol. The highest BCUT2D eigenvalue weighted by atomic mass is 15.1. The van der Waals surface area contributed by atoms with E-state index in [0.717, 1.165) is 18.5 Å². The largest absolute Gasteiger partial charge is 0.340 e. The molecule has 0 aromatic heterocycles. The van der Waals surface area contributed by atoms with Gasteiger partial charge in [-0.25, -0.2) is 0 Å². The molecule has 0 aliphatic carbocycles. The van der Waals surface area contributed by atoms with Gasteiger partial charge in [0.25, 0.3) is 0 Å². The highest BCUT2D eigenvalue weighted by molar-refractivity contribution is 5.98. The molecule has 108 valence electrons. The molecule has 0 unspecified atom stereocenters. The van der Waals surface area contributed by atoms with E-state index in [1.54, 1.807) is 0 Å². The summed E-state index contributed by atoms with van der Waals surface area (Å²) < 4.78 is 0. The summed E-state index contributed by atoms with van der Waals surface area (Å²) in [5.74, 6) is 0. The van der Waals surface area contributed by atoms with Crippen molar-refractivity contribution >= 4 is 16.9 Å². The minimum Gasteiger partial charge on any atom is -0.340 e. The predicted molar refractivity (Wildman–Crippen MR) is 91.2 cm³/mol. The zero-order chi connectivity index (χ0) is 15.0. The van der Waals surface area contributed by atoms with E-state index in [2.05, 4.69) is 61.7 Å². The molecule has 0 radical (unpaired) electrons. The number of hydrogen-bond donors (Lipinski definition) is 1. The predicted octanol–water partition coefficient (Wildman–Crippen LogP) is 4.17. The average Bonchev–Trinajstić information content (AvgIpc) is 2.51. The van der Waals surface area contributed by atoms with Gasteiger partial charge in [-0.2, -0.15) is 0 Å². The summed E-state index contributed by atoms with van der Waals surface area (Å²) in [4.78, 5) is 2.41. The molecule has 2 aromatic carbocycles. The first-order valence-electron chi connectivity index (χ1n) is 7.51. The fraction of sp³-hybridized carbons (Fsp3) is 0.263. The Labute approximate surface area is 126 Å². The van der Waals surface area contributed by atoms with Gasteiger partial charge in [0, 0.05) is 23.4 Å². The molecule has 2 nitrogen and oxygen atoms in total. The molecule has 0 saturated heterocycles. The minimum absolute atomic E-state index is 0.708. The van der Waals surface area contributed by atoms with Crippen molar-refractivity contribution in [3.05, 3.63) is 65.2 Å². The normalized spacial score (nSPS) is 13.1. The zero-order valence-corrected chi connectivity index (χ0v) is 12.8. The smallest absolute Gasteiger partial charge is 0.0522 e. The molecule has 21 heavy (non-hydrogen) atoms. The summed E-state index contributed by atoms with van der Waals surface area (Å²) in [6.07, 6.45) is 0.980. The van der Waals surface area contributed by atoms with Gasteiger partial charge in [-0.3, -0.25) is 0 Å². The summed E-state index contributed by atoms with van der Waals surface area (Å²) in [7, 11) is 0. The number of rotatable bonds is 3. The first-order valence-corrected chi connectivity index (χ1v) is 7.51. The summed E-state index contributed by atoms with van der Waals surface area (Å²) in [6.45, 7) is 10.3. The molecule has 2 N–H and O–H groups in total. The quantitative estimate of drug-likeness (QED) is 0.913. The van der Waals surface area contributed by atoms with Crippen LogP contribution in [0, 0.1) is 13.8 Å². The van der Waals surface area contributed by atoms with E-state index in [1.807, 2.05) is 0 Å². The monoisotopic (exact) mass is 278 g/mol. The molecule has 0 bridgehead atoms. The van der Waals surface area contributed by atoms with Crippen molar-refractivity contribution in [3.8, 4) is 0 Å². The summed E-state index contributed by atoms with van der Waals surface area (Å²) in [5.41, 5.74) is 14.5. The van der Waals surface area contributed by atoms with Crippen LogP contribution in [0.5, 0.6) is 0 Å². The van der Waals surface area contributed by atoms with E-state index in [-0.39, 0.29) is 0 Å². The van der Waals surface area contributed by atoms with Gasteiger partial charge in [-0.05, 0) is 49.6 Å². The molecule has 0 saturated carbocycles. The molecule has 1 aliphatic rings. The Balaban J connectivity index is 2.23. The third kappa shape index (κ3) is 2.16. The van der Waals surface area contributed by atoms with E-state index in [4.69, 9.17) is 5.73 Å². The third-order valence-electron chi connectivity index (χ3n) is 4.40. The van der Waals surface area contributed by atoms with Gasteiger partial charge >= 0.3 is 0 Å². The third-order valence-corrected chi connectivity index (χ3v) is 4.40. The Bertz CT molecular complexity index is 701. The maximum Gasteiger partial charge on any atom is 0.0522 e. The van der Waals surface area contributed by atoms with Crippen LogP contribution in [0.3, 0.4) is 0 Å². The fourth-order valence-electron chi connectivity index (χ4n) is 3.10. The molecule has 2 aromatic rings. The Morgan fingerprint density at radius 1 is 1.05 bits per heavy atom. The lowest BCUT2D eigenvalue weighted by atomic mass is 9.88. The van der Waals surface area contributed by atoms with Crippen LogP contribution in [-0.4, -0.2) is 13.1 Å². The summed E-state index contributed by atoms with van der Waals surface area (Å²) >= 11 is 0. The van der Waals surface area contributed by atoms with E-state index in [9.17, 15) is 0 Å². The minimum atomic E-state index is 0.708. The van der Waals surface area contributed by atoms with Crippen molar-refractivity contribution in [3.63, 3.8) is 0 Å². The van der Waals surface area contributed by atoms with Crippen LogP contribution in [0.25, 0.3) is 5.57 Å². The molecule has 2 heteroatoms. The number of para-hydroxylation sites is 1. The Morgan fingerprint density at radius 2 is 1.81 bits per heavy atom. The van der Waals surface area contributed by atoms with Gasteiger partial charge in [0.1, 0.15) is 0 Å². The van der Waals surface area contributed by atoms with Crippen molar-refractivity contribution < 1.29 is 0 Å². The van der Waals surface area contributed by atoms with Gasteiger partial charge in [-0.15, -0.1) is 0 Å². The number of fused-ring (bicyclic) bond motifs is 2. The van der Waals surface area contributed by atoms with Gasteiger partial charge in [0.15, 0.2) is 0 Å². The van der Waals surface area contributed by atoms with Crippen LogP contribution >= 0.6 is 0 Å². The number of nitrogens with two attached hydrogens (primary N) is 1. The number of aryl methyl sites for hydroxylation is 1. The van der Waals surface area contributed by atoms with Gasteiger partial charge < -0.3 is 10.6 Å². The molecule has 0 amide bonds. The molecular formula is C19H22N2. The first-order chi connectivity index (χ1) is 10.1. The van der Waals surface area contributed by atoms with E-state index in [1.165, 1.54) is 33.6 Å². The topological polar surface area (TPSA) is 29.3 Å². The fourth-order valence-corrected chi connectivity index (χ4v) is 3.10. The van der Waals surface area contributed by atoms with E-state index in [0.29, 0.717) is 6.54 Å². The molecule has 3 rings (SSSR count). The molecule has 0 atom stereocenters. The number of hydrogen-bond acceptors (Lipinski definition) is 2. The van der Waals surface area contributed by atoms with Crippen LogP contribution in [-0.2, 0) is 0 Å². The second-order valence-electron chi connectivity index (χ2n) is 5.69. The maximum atomic E-state index is 5.74. The van der Waals surface area contributed by atoms with E-state index >= 15 is 0 Å². The van der Waals surface area contributed by atoms with Gasteiger partial charge in [0.2, 0.25) is 0 Å². The number of nitrogens with zero attached hydrogens (tertiary/aromatic N) is 1.